The summed E-state index contributed by atoms with van der Waals surface area (Å²) in [7, 11) is 0. The van der Waals surface area contributed by atoms with Crippen LogP contribution < -0.4 is 21.4 Å². The van der Waals surface area contributed by atoms with Crippen molar-refractivity contribution in [3.8, 4) is 0 Å². The summed E-state index contributed by atoms with van der Waals surface area (Å²) >= 11 is 0. The summed E-state index contributed by atoms with van der Waals surface area (Å²) in [6.45, 7) is 5.93. The largest absolute Gasteiger partial charge is 0.373 e. The fourth-order valence-electron chi connectivity index (χ4n) is 2.86. The zero-order chi connectivity index (χ0) is 15.0. The van der Waals surface area contributed by atoms with E-state index >= 15 is 0 Å². The van der Waals surface area contributed by atoms with Crippen molar-refractivity contribution in [2.24, 2.45) is 0 Å². The molecule has 6 nitrogen and oxygen atoms in total. The van der Waals surface area contributed by atoms with Crippen LogP contribution >= 0.6 is 0 Å². The normalized spacial score (nSPS) is 28.8. The van der Waals surface area contributed by atoms with E-state index in [1.807, 2.05) is 19.9 Å². The lowest BCUT2D eigenvalue weighted by atomic mass is 10.1. The van der Waals surface area contributed by atoms with Gasteiger partial charge in [-0.05, 0) is 31.9 Å². The van der Waals surface area contributed by atoms with Gasteiger partial charge >= 0.3 is 0 Å². The van der Waals surface area contributed by atoms with Crippen LogP contribution in [-0.2, 0) is 16.1 Å². The van der Waals surface area contributed by atoms with E-state index in [4.69, 9.17) is 4.84 Å². The first-order valence-corrected chi connectivity index (χ1v) is 7.37. The Morgan fingerprint density at radius 3 is 2.95 bits per heavy atom. The predicted octanol–water partition coefficient (Wildman–Crippen LogP) is 0.633. The Hall–Kier alpha value is -1.63. The Morgan fingerprint density at radius 2 is 2.29 bits per heavy atom. The van der Waals surface area contributed by atoms with Crippen LogP contribution in [-0.4, -0.2) is 30.4 Å². The van der Waals surface area contributed by atoms with Crippen molar-refractivity contribution in [2.45, 2.75) is 51.7 Å². The van der Waals surface area contributed by atoms with Crippen LogP contribution in [0.5, 0.6) is 0 Å². The zero-order valence-corrected chi connectivity index (χ0v) is 12.6. The van der Waals surface area contributed by atoms with Crippen molar-refractivity contribution in [1.82, 2.24) is 16.1 Å². The topological polar surface area (TPSA) is 74.4 Å². The van der Waals surface area contributed by atoms with E-state index in [0.717, 1.165) is 12.1 Å². The molecule has 1 amide bonds. The van der Waals surface area contributed by atoms with E-state index in [9.17, 15) is 4.79 Å². The lowest BCUT2D eigenvalue weighted by Gasteiger charge is -2.22. The predicted molar refractivity (Wildman–Crippen MR) is 80.5 cm³/mol. The molecular weight excluding hydrogens is 268 g/mol. The molecule has 4 unspecified atom stereocenters. The molecule has 4 N–H and O–H groups in total. The maximum atomic E-state index is 12.4. The quantitative estimate of drug-likeness (QED) is 0.657. The average Bonchev–Trinajstić information content (AvgIpc) is 3.05. The van der Waals surface area contributed by atoms with Gasteiger partial charge in [-0.15, -0.1) is 0 Å². The van der Waals surface area contributed by atoms with Gasteiger partial charge in [0.25, 0.3) is 0 Å². The number of carbonyl (C=O) groups is 1. The molecule has 4 atom stereocenters. The van der Waals surface area contributed by atoms with E-state index in [0.29, 0.717) is 0 Å². The van der Waals surface area contributed by atoms with E-state index in [1.54, 1.807) is 0 Å². The molecular formula is C15H22N4O2. The van der Waals surface area contributed by atoms with Gasteiger partial charge in [0, 0.05) is 12.1 Å². The summed E-state index contributed by atoms with van der Waals surface area (Å²) in [4.78, 5) is 17.6. The standard InChI is InChI=1S/C15H22N4O2/c1-8-5-4-6-11-7-12(18-13(8)11)15(20)16-9(2)14-17-10(3)21-19-14/h4-6,9-10,12,14,17-19H,7H2,1-3H3,(H,16,20). The third-order valence-electron chi connectivity index (χ3n) is 4.07. The molecule has 6 heteroatoms. The van der Waals surface area contributed by atoms with Crippen molar-refractivity contribution in [3.63, 3.8) is 0 Å². The van der Waals surface area contributed by atoms with Gasteiger partial charge < -0.3 is 10.6 Å². The zero-order valence-electron chi connectivity index (χ0n) is 12.6. The van der Waals surface area contributed by atoms with Crippen LogP contribution in [0.2, 0.25) is 0 Å². The molecule has 0 radical (unpaired) electrons. The van der Waals surface area contributed by atoms with E-state index in [-0.39, 0.29) is 30.4 Å². The molecule has 0 spiro atoms. The van der Waals surface area contributed by atoms with Crippen molar-refractivity contribution >= 4 is 11.6 Å². The number of carbonyl (C=O) groups excluding carboxylic acids is 1. The first kappa shape index (κ1) is 14.3. The molecule has 1 fully saturated rings. The van der Waals surface area contributed by atoms with Crippen molar-refractivity contribution in [3.05, 3.63) is 29.3 Å². The second-order valence-corrected chi connectivity index (χ2v) is 5.83. The summed E-state index contributed by atoms with van der Waals surface area (Å²) in [6, 6.07) is 5.89. The van der Waals surface area contributed by atoms with Crippen molar-refractivity contribution in [2.75, 3.05) is 5.32 Å². The van der Waals surface area contributed by atoms with Crippen LogP contribution in [0.1, 0.15) is 25.0 Å². The van der Waals surface area contributed by atoms with Gasteiger partial charge in [0.1, 0.15) is 18.4 Å². The maximum absolute atomic E-state index is 12.4. The molecule has 0 aliphatic carbocycles. The number of hydroxylamine groups is 1. The Morgan fingerprint density at radius 1 is 1.48 bits per heavy atom. The van der Waals surface area contributed by atoms with Crippen LogP contribution in [0.25, 0.3) is 0 Å². The van der Waals surface area contributed by atoms with Crippen molar-refractivity contribution in [1.29, 1.82) is 0 Å². The third-order valence-corrected chi connectivity index (χ3v) is 4.07. The Kier molecular flexibility index (Phi) is 3.84. The van der Waals surface area contributed by atoms with Crippen LogP contribution in [0.3, 0.4) is 0 Å². The maximum Gasteiger partial charge on any atom is 0.243 e. The number of fused-ring (bicyclic) bond motifs is 1. The van der Waals surface area contributed by atoms with E-state index in [2.05, 4.69) is 40.5 Å². The van der Waals surface area contributed by atoms with Gasteiger partial charge in [-0.25, -0.2) is 0 Å². The van der Waals surface area contributed by atoms with Crippen LogP contribution in [0.15, 0.2) is 18.2 Å². The smallest absolute Gasteiger partial charge is 0.243 e. The second-order valence-electron chi connectivity index (χ2n) is 5.83. The molecule has 0 saturated carbocycles. The minimum absolute atomic E-state index is 0.0150. The first-order chi connectivity index (χ1) is 10.0. The monoisotopic (exact) mass is 290 g/mol. The Labute approximate surface area is 124 Å². The lowest BCUT2D eigenvalue weighted by Crippen LogP contribution is -2.53. The van der Waals surface area contributed by atoms with Gasteiger partial charge in [0.15, 0.2) is 0 Å². The van der Waals surface area contributed by atoms with Gasteiger partial charge in [-0.2, -0.15) is 5.48 Å². The summed E-state index contributed by atoms with van der Waals surface area (Å²) < 4.78 is 0. The Bertz CT molecular complexity index is 548. The molecule has 2 aliphatic rings. The van der Waals surface area contributed by atoms with Gasteiger partial charge in [0.05, 0.1) is 6.04 Å². The number of hydrogen-bond acceptors (Lipinski definition) is 5. The Balaban J connectivity index is 1.59. The molecule has 2 heterocycles. The third kappa shape index (κ3) is 2.88. The minimum Gasteiger partial charge on any atom is -0.373 e. The molecule has 1 aromatic carbocycles. The van der Waals surface area contributed by atoms with Gasteiger partial charge in [-0.1, -0.05) is 18.2 Å². The lowest BCUT2D eigenvalue weighted by molar-refractivity contribution is -0.122. The summed E-state index contributed by atoms with van der Waals surface area (Å²) in [5.41, 5.74) is 6.36. The minimum atomic E-state index is -0.205. The number of para-hydroxylation sites is 1. The second kappa shape index (κ2) is 5.63. The van der Waals surface area contributed by atoms with Gasteiger partial charge in [-0.3, -0.25) is 14.9 Å². The molecule has 21 heavy (non-hydrogen) atoms. The summed E-state index contributed by atoms with van der Waals surface area (Å²) in [5.74, 6) is 0.0150. The number of nitrogens with one attached hydrogen (secondary N) is 4. The van der Waals surface area contributed by atoms with Gasteiger partial charge in [0.2, 0.25) is 5.91 Å². The number of benzene rings is 1. The van der Waals surface area contributed by atoms with Crippen LogP contribution in [0, 0.1) is 6.92 Å². The molecule has 3 rings (SSSR count). The SMILES string of the molecule is Cc1cccc2c1NC(C(=O)NC(C)C1NOC(C)N1)C2. The number of aryl methyl sites for hydroxylation is 1. The average molecular weight is 290 g/mol. The highest BCUT2D eigenvalue weighted by molar-refractivity contribution is 5.88. The molecule has 0 aromatic heterocycles. The summed E-state index contributed by atoms with van der Waals surface area (Å²) in [5, 5.41) is 9.56. The molecule has 1 saturated heterocycles. The molecule has 2 aliphatic heterocycles. The number of amides is 1. The van der Waals surface area contributed by atoms with E-state index in [1.165, 1.54) is 11.1 Å². The highest BCUT2D eigenvalue weighted by Crippen LogP contribution is 2.29. The molecule has 1 aromatic rings. The first-order valence-electron chi connectivity index (χ1n) is 7.37. The highest BCUT2D eigenvalue weighted by atomic mass is 16.7. The molecule has 0 bridgehead atoms. The van der Waals surface area contributed by atoms with Crippen molar-refractivity contribution < 1.29 is 9.63 Å². The number of anilines is 1. The van der Waals surface area contributed by atoms with E-state index < -0.39 is 0 Å². The van der Waals surface area contributed by atoms with Crippen LogP contribution in [0.4, 0.5) is 5.69 Å². The molecule has 114 valence electrons. The number of rotatable bonds is 3. The fraction of sp³-hybridized carbons (Fsp3) is 0.533. The number of hydrogen-bond donors (Lipinski definition) is 4. The highest BCUT2D eigenvalue weighted by Gasteiger charge is 2.31. The summed E-state index contributed by atoms with van der Waals surface area (Å²) in [6.07, 6.45) is 0.605. The fourth-order valence-corrected chi connectivity index (χ4v) is 2.86.